The Labute approximate surface area is 181 Å². The summed E-state index contributed by atoms with van der Waals surface area (Å²) < 4.78 is 7.28. The molecule has 0 bridgehead atoms. The molecule has 0 N–H and O–H groups in total. The number of piperazine rings is 1. The topological polar surface area (TPSA) is 50.6 Å². The Balaban J connectivity index is 1.29. The molecular formula is C23H25ClN4O2. The molecule has 3 aromatic rings. The Morgan fingerprint density at radius 3 is 2.53 bits per heavy atom. The van der Waals surface area contributed by atoms with Gasteiger partial charge in [0.1, 0.15) is 5.75 Å². The maximum absolute atomic E-state index is 12.8. The van der Waals surface area contributed by atoms with Gasteiger partial charge in [-0.15, -0.1) is 0 Å². The minimum Gasteiger partial charge on any atom is -0.470 e. The Kier molecular flexibility index (Phi) is 6.35. The number of halogens is 1. The van der Waals surface area contributed by atoms with Crippen LogP contribution in [0.1, 0.15) is 21.6 Å². The lowest BCUT2D eigenvalue weighted by molar-refractivity contribution is 0.0620. The van der Waals surface area contributed by atoms with Crippen LogP contribution in [-0.4, -0.2) is 51.7 Å². The van der Waals surface area contributed by atoms with Gasteiger partial charge in [0, 0.05) is 38.9 Å². The highest BCUT2D eigenvalue weighted by molar-refractivity contribution is 6.32. The molecule has 2 aromatic carbocycles. The van der Waals surface area contributed by atoms with Gasteiger partial charge in [-0.1, -0.05) is 48.0 Å². The number of aryl methyl sites for hydroxylation is 1. The number of amides is 1. The van der Waals surface area contributed by atoms with E-state index in [1.54, 1.807) is 29.1 Å². The van der Waals surface area contributed by atoms with Crippen LogP contribution in [0.5, 0.6) is 5.75 Å². The molecule has 0 saturated carbocycles. The van der Waals surface area contributed by atoms with E-state index in [0.717, 1.165) is 19.6 Å². The molecule has 1 aliphatic heterocycles. The number of ether oxygens (including phenoxy) is 1. The molecular weight excluding hydrogens is 400 g/mol. The molecule has 30 heavy (non-hydrogen) atoms. The van der Waals surface area contributed by atoms with Crippen LogP contribution in [0.15, 0.2) is 60.8 Å². The Morgan fingerprint density at radius 2 is 1.77 bits per heavy atom. The molecule has 1 amide bonds. The Morgan fingerprint density at radius 1 is 1.03 bits per heavy atom. The molecule has 1 aliphatic rings. The number of rotatable bonds is 6. The molecule has 1 aromatic heterocycles. The van der Waals surface area contributed by atoms with E-state index in [0.29, 0.717) is 29.6 Å². The lowest BCUT2D eigenvalue weighted by Gasteiger charge is -2.34. The van der Waals surface area contributed by atoms with Crippen molar-refractivity contribution in [3.63, 3.8) is 0 Å². The molecule has 0 unspecified atom stereocenters. The van der Waals surface area contributed by atoms with Gasteiger partial charge in [0.25, 0.3) is 5.91 Å². The van der Waals surface area contributed by atoms with Crippen LogP contribution in [-0.2, 0) is 13.3 Å². The van der Waals surface area contributed by atoms with Crippen LogP contribution in [0, 0.1) is 6.92 Å². The van der Waals surface area contributed by atoms with Gasteiger partial charge in [-0.2, -0.15) is 5.10 Å². The summed E-state index contributed by atoms with van der Waals surface area (Å²) in [5.41, 5.74) is 3.08. The smallest absolute Gasteiger partial charge is 0.274 e. The van der Waals surface area contributed by atoms with Crippen LogP contribution in [0.3, 0.4) is 0 Å². The second-order valence-corrected chi connectivity index (χ2v) is 7.85. The van der Waals surface area contributed by atoms with Crippen molar-refractivity contribution in [1.82, 2.24) is 19.6 Å². The summed E-state index contributed by atoms with van der Waals surface area (Å²) in [6.07, 6.45) is 1.75. The lowest BCUT2D eigenvalue weighted by atomic mass is 10.1. The fourth-order valence-electron chi connectivity index (χ4n) is 3.54. The summed E-state index contributed by atoms with van der Waals surface area (Å²) in [4.78, 5) is 17.1. The molecule has 2 heterocycles. The van der Waals surface area contributed by atoms with E-state index >= 15 is 0 Å². The van der Waals surface area contributed by atoms with Crippen molar-refractivity contribution in [2.45, 2.75) is 20.2 Å². The van der Waals surface area contributed by atoms with Crippen LogP contribution < -0.4 is 4.74 Å². The molecule has 6 nitrogen and oxygen atoms in total. The Hall–Kier alpha value is -2.83. The second kappa shape index (κ2) is 9.32. The predicted molar refractivity (Wildman–Crippen MR) is 117 cm³/mol. The van der Waals surface area contributed by atoms with Gasteiger partial charge < -0.3 is 9.64 Å². The highest BCUT2D eigenvalue weighted by atomic mass is 35.5. The van der Waals surface area contributed by atoms with Gasteiger partial charge in [-0.25, -0.2) is 4.68 Å². The molecule has 0 radical (unpaired) electrons. The number of nitrogens with zero attached hydrogens (tertiary/aromatic N) is 4. The standard InChI is InChI=1S/C23H25ClN4O2/c1-18-6-2-3-7-19(18)16-26-12-14-27(15-13-26)23(29)21-10-11-28(25-21)17-30-22-9-5-4-8-20(22)24/h2-11H,12-17H2,1H3. The van der Waals surface area contributed by atoms with Gasteiger partial charge in [0.2, 0.25) is 0 Å². The maximum atomic E-state index is 12.8. The maximum Gasteiger partial charge on any atom is 0.274 e. The van der Waals surface area contributed by atoms with Crippen LogP contribution in [0.4, 0.5) is 0 Å². The van der Waals surface area contributed by atoms with Crippen molar-refractivity contribution in [1.29, 1.82) is 0 Å². The van der Waals surface area contributed by atoms with E-state index in [-0.39, 0.29) is 12.6 Å². The van der Waals surface area contributed by atoms with Crippen molar-refractivity contribution >= 4 is 17.5 Å². The van der Waals surface area contributed by atoms with E-state index in [1.165, 1.54) is 11.1 Å². The monoisotopic (exact) mass is 424 g/mol. The zero-order valence-corrected chi connectivity index (χ0v) is 17.8. The third-order valence-electron chi connectivity index (χ3n) is 5.36. The van der Waals surface area contributed by atoms with Crippen LogP contribution in [0.25, 0.3) is 0 Å². The van der Waals surface area contributed by atoms with Crippen LogP contribution >= 0.6 is 11.6 Å². The fourth-order valence-corrected chi connectivity index (χ4v) is 3.73. The zero-order valence-electron chi connectivity index (χ0n) is 17.0. The molecule has 0 atom stereocenters. The number of aromatic nitrogens is 2. The summed E-state index contributed by atoms with van der Waals surface area (Å²) in [6, 6.07) is 17.5. The second-order valence-electron chi connectivity index (χ2n) is 7.44. The highest BCUT2D eigenvalue weighted by Gasteiger charge is 2.24. The number of hydrogen-bond donors (Lipinski definition) is 0. The zero-order chi connectivity index (χ0) is 20.9. The van der Waals surface area contributed by atoms with Crippen molar-refractivity contribution in [2.75, 3.05) is 26.2 Å². The van der Waals surface area contributed by atoms with Gasteiger partial charge in [0.15, 0.2) is 12.4 Å². The van der Waals surface area contributed by atoms with E-state index in [9.17, 15) is 4.79 Å². The SMILES string of the molecule is Cc1ccccc1CN1CCN(C(=O)c2ccn(COc3ccccc3Cl)n2)CC1. The van der Waals surface area contributed by atoms with Crippen molar-refractivity contribution in [3.05, 3.63) is 82.6 Å². The highest BCUT2D eigenvalue weighted by Crippen LogP contribution is 2.23. The van der Waals surface area contributed by atoms with E-state index in [2.05, 4.69) is 41.2 Å². The van der Waals surface area contributed by atoms with E-state index in [1.807, 2.05) is 17.0 Å². The first-order chi connectivity index (χ1) is 14.6. The number of benzene rings is 2. The minimum atomic E-state index is -0.0398. The van der Waals surface area contributed by atoms with Gasteiger partial charge in [0.05, 0.1) is 5.02 Å². The summed E-state index contributed by atoms with van der Waals surface area (Å²) in [7, 11) is 0. The number of carbonyl (C=O) groups excluding carboxylic acids is 1. The van der Waals surface area contributed by atoms with Crippen molar-refractivity contribution < 1.29 is 9.53 Å². The van der Waals surface area contributed by atoms with E-state index < -0.39 is 0 Å². The Bertz CT molecular complexity index is 1010. The third kappa shape index (κ3) is 4.83. The molecule has 156 valence electrons. The summed E-state index contributed by atoms with van der Waals surface area (Å²) in [5, 5.41) is 4.92. The molecule has 4 rings (SSSR count). The summed E-state index contributed by atoms with van der Waals surface area (Å²) in [5.74, 6) is 0.550. The first-order valence-electron chi connectivity index (χ1n) is 10.1. The lowest BCUT2D eigenvalue weighted by Crippen LogP contribution is -2.48. The molecule has 7 heteroatoms. The van der Waals surface area contributed by atoms with Gasteiger partial charge in [-0.3, -0.25) is 9.69 Å². The third-order valence-corrected chi connectivity index (χ3v) is 5.68. The van der Waals surface area contributed by atoms with Crippen molar-refractivity contribution in [3.8, 4) is 5.75 Å². The first kappa shape index (κ1) is 20.4. The van der Waals surface area contributed by atoms with Crippen molar-refractivity contribution in [2.24, 2.45) is 0 Å². The molecule has 0 spiro atoms. The van der Waals surface area contributed by atoms with Crippen LogP contribution in [0.2, 0.25) is 5.02 Å². The molecule has 1 saturated heterocycles. The summed E-state index contributed by atoms with van der Waals surface area (Å²) >= 11 is 6.10. The first-order valence-corrected chi connectivity index (χ1v) is 10.4. The summed E-state index contributed by atoms with van der Waals surface area (Å²) in [6.45, 7) is 6.37. The van der Waals surface area contributed by atoms with E-state index in [4.69, 9.17) is 16.3 Å². The minimum absolute atomic E-state index is 0.0398. The number of hydrogen-bond acceptors (Lipinski definition) is 4. The largest absolute Gasteiger partial charge is 0.470 e. The average molecular weight is 425 g/mol. The molecule has 0 aliphatic carbocycles. The van der Waals surface area contributed by atoms with Gasteiger partial charge >= 0.3 is 0 Å². The number of carbonyl (C=O) groups is 1. The molecule has 1 fully saturated rings. The normalized spacial score (nSPS) is 14.7. The fraction of sp³-hybridized carbons (Fsp3) is 0.304. The number of para-hydroxylation sites is 1. The quantitative estimate of drug-likeness (QED) is 0.603. The average Bonchev–Trinajstić information content (AvgIpc) is 3.24. The van der Waals surface area contributed by atoms with Gasteiger partial charge in [-0.05, 0) is 36.2 Å². The predicted octanol–water partition coefficient (Wildman–Crippen LogP) is 3.84.